The quantitative estimate of drug-likeness (QED) is 0.486. The van der Waals surface area contributed by atoms with Gasteiger partial charge in [0.2, 0.25) is 5.88 Å². The van der Waals surface area contributed by atoms with Gasteiger partial charge in [0.25, 0.3) is 5.91 Å². The highest BCUT2D eigenvalue weighted by Gasteiger charge is 2.07. The normalized spacial score (nSPS) is 10.6. The van der Waals surface area contributed by atoms with Crippen LogP contribution in [0.3, 0.4) is 0 Å². The number of halogens is 1. The smallest absolute Gasteiger partial charge is 0.252 e. The molecule has 0 aliphatic carbocycles. The Labute approximate surface area is 171 Å². The number of amides is 1. The number of unbranched alkanes of at least 4 members (excludes halogenated alkanes) is 1. The highest BCUT2D eigenvalue weighted by Crippen LogP contribution is 2.23. The van der Waals surface area contributed by atoms with Crippen molar-refractivity contribution in [2.45, 2.75) is 26.2 Å². The van der Waals surface area contributed by atoms with Crippen LogP contribution in [0, 0.1) is 6.92 Å². The van der Waals surface area contributed by atoms with Crippen molar-refractivity contribution in [2.24, 2.45) is 0 Å². The SMILES string of the molecule is Cc1csc(CCCCNC(=O)c2ccc(Oc3cccc(Br)c3)nc2)n1. The number of aryl methyl sites for hydroxylation is 2. The molecular weight excluding hydrogens is 426 g/mol. The van der Waals surface area contributed by atoms with E-state index in [1.165, 1.54) is 6.20 Å². The number of ether oxygens (including phenoxy) is 1. The van der Waals surface area contributed by atoms with Crippen molar-refractivity contribution in [1.29, 1.82) is 0 Å². The molecule has 27 heavy (non-hydrogen) atoms. The molecule has 0 saturated heterocycles. The summed E-state index contributed by atoms with van der Waals surface area (Å²) in [6, 6.07) is 10.9. The zero-order chi connectivity index (χ0) is 19.1. The molecule has 0 spiro atoms. The van der Waals surface area contributed by atoms with Crippen LogP contribution in [-0.2, 0) is 6.42 Å². The Kier molecular flexibility index (Phi) is 6.95. The second-order valence-electron chi connectivity index (χ2n) is 6.04. The molecule has 0 fully saturated rings. The maximum absolute atomic E-state index is 12.2. The minimum Gasteiger partial charge on any atom is -0.439 e. The molecule has 1 N–H and O–H groups in total. The summed E-state index contributed by atoms with van der Waals surface area (Å²) in [5.41, 5.74) is 1.59. The molecule has 0 aliphatic rings. The summed E-state index contributed by atoms with van der Waals surface area (Å²) in [5, 5.41) is 6.14. The van der Waals surface area contributed by atoms with Gasteiger partial charge in [0.15, 0.2) is 0 Å². The molecule has 3 aromatic rings. The topological polar surface area (TPSA) is 64.1 Å². The number of hydrogen-bond donors (Lipinski definition) is 1. The van der Waals surface area contributed by atoms with E-state index in [4.69, 9.17) is 4.74 Å². The van der Waals surface area contributed by atoms with Crippen molar-refractivity contribution in [1.82, 2.24) is 15.3 Å². The van der Waals surface area contributed by atoms with E-state index in [1.54, 1.807) is 23.5 Å². The Morgan fingerprint density at radius 1 is 1.26 bits per heavy atom. The molecule has 2 heterocycles. The van der Waals surface area contributed by atoms with Crippen LogP contribution in [0.15, 0.2) is 52.4 Å². The molecule has 0 bridgehead atoms. The van der Waals surface area contributed by atoms with Crippen molar-refractivity contribution in [3.8, 4) is 11.6 Å². The van der Waals surface area contributed by atoms with E-state index in [9.17, 15) is 4.79 Å². The molecular formula is C20H20BrN3O2S. The fourth-order valence-electron chi connectivity index (χ4n) is 2.45. The van der Waals surface area contributed by atoms with Crippen molar-refractivity contribution < 1.29 is 9.53 Å². The fraction of sp³-hybridized carbons (Fsp3) is 0.250. The van der Waals surface area contributed by atoms with Crippen LogP contribution >= 0.6 is 27.3 Å². The zero-order valence-electron chi connectivity index (χ0n) is 14.9. The first kappa shape index (κ1) is 19.5. The summed E-state index contributed by atoms with van der Waals surface area (Å²) in [6.07, 6.45) is 4.41. The van der Waals surface area contributed by atoms with Crippen molar-refractivity contribution in [3.63, 3.8) is 0 Å². The molecule has 140 valence electrons. The number of nitrogens with zero attached hydrogens (tertiary/aromatic N) is 2. The summed E-state index contributed by atoms with van der Waals surface area (Å²) >= 11 is 5.09. The summed E-state index contributed by atoms with van der Waals surface area (Å²) in [7, 11) is 0. The monoisotopic (exact) mass is 445 g/mol. The lowest BCUT2D eigenvalue weighted by Gasteiger charge is -2.07. The molecule has 2 aromatic heterocycles. The third kappa shape index (κ3) is 6.15. The van der Waals surface area contributed by atoms with Gasteiger partial charge in [-0.3, -0.25) is 4.79 Å². The number of aromatic nitrogens is 2. The highest BCUT2D eigenvalue weighted by atomic mass is 79.9. The number of carbonyl (C=O) groups is 1. The summed E-state index contributed by atoms with van der Waals surface area (Å²) in [5.74, 6) is 1.01. The maximum atomic E-state index is 12.2. The van der Waals surface area contributed by atoms with Crippen LogP contribution in [0.2, 0.25) is 0 Å². The number of benzene rings is 1. The Hall–Kier alpha value is -2.25. The van der Waals surface area contributed by atoms with Gasteiger partial charge in [0, 0.05) is 34.4 Å². The molecule has 0 unspecified atom stereocenters. The van der Waals surface area contributed by atoms with Crippen molar-refractivity contribution >= 4 is 33.2 Å². The molecule has 5 nitrogen and oxygen atoms in total. The van der Waals surface area contributed by atoms with Gasteiger partial charge >= 0.3 is 0 Å². The number of rotatable bonds is 8. The Balaban J connectivity index is 1.42. The Bertz CT molecular complexity index is 896. The van der Waals surface area contributed by atoms with Crippen LogP contribution in [0.1, 0.15) is 33.9 Å². The summed E-state index contributed by atoms with van der Waals surface area (Å²) < 4.78 is 6.60. The van der Waals surface area contributed by atoms with E-state index in [0.29, 0.717) is 23.7 Å². The molecule has 3 rings (SSSR count). The Morgan fingerprint density at radius 3 is 2.85 bits per heavy atom. The van der Waals surface area contributed by atoms with E-state index in [0.717, 1.165) is 34.4 Å². The van der Waals surface area contributed by atoms with Crippen LogP contribution in [0.5, 0.6) is 11.6 Å². The van der Waals surface area contributed by atoms with Crippen LogP contribution in [0.25, 0.3) is 0 Å². The third-order valence-electron chi connectivity index (χ3n) is 3.79. The van der Waals surface area contributed by atoms with E-state index in [2.05, 4.69) is 36.6 Å². The predicted octanol–water partition coefficient (Wildman–Crippen LogP) is 5.15. The zero-order valence-corrected chi connectivity index (χ0v) is 17.3. The molecule has 7 heteroatoms. The van der Waals surface area contributed by atoms with E-state index in [1.807, 2.05) is 31.2 Å². The van der Waals surface area contributed by atoms with Crippen LogP contribution < -0.4 is 10.1 Å². The van der Waals surface area contributed by atoms with Crippen LogP contribution in [0.4, 0.5) is 0 Å². The number of carbonyl (C=O) groups excluding carboxylic acids is 1. The fourth-order valence-corrected chi connectivity index (χ4v) is 3.65. The largest absolute Gasteiger partial charge is 0.439 e. The van der Waals surface area contributed by atoms with Gasteiger partial charge in [-0.25, -0.2) is 9.97 Å². The number of nitrogens with one attached hydrogen (secondary N) is 1. The molecule has 1 amide bonds. The minimum atomic E-state index is -0.124. The van der Waals surface area contributed by atoms with E-state index < -0.39 is 0 Å². The average Bonchev–Trinajstić information content (AvgIpc) is 3.07. The first-order valence-corrected chi connectivity index (χ1v) is 10.4. The molecule has 0 atom stereocenters. The van der Waals surface area contributed by atoms with Gasteiger partial charge in [-0.05, 0) is 50.5 Å². The lowest BCUT2D eigenvalue weighted by molar-refractivity contribution is 0.0952. The van der Waals surface area contributed by atoms with E-state index >= 15 is 0 Å². The van der Waals surface area contributed by atoms with Gasteiger partial charge in [-0.15, -0.1) is 11.3 Å². The summed E-state index contributed by atoms with van der Waals surface area (Å²) in [4.78, 5) is 20.8. The number of thiazole rings is 1. The first-order chi connectivity index (χ1) is 13.1. The average molecular weight is 446 g/mol. The standard InChI is InChI=1S/C20H20BrN3O2S/c1-14-13-27-19(24-14)7-2-3-10-22-20(25)15-8-9-18(23-12-15)26-17-6-4-5-16(21)11-17/h4-6,8-9,11-13H,2-3,7,10H2,1H3,(H,22,25). The van der Waals surface area contributed by atoms with Crippen LogP contribution in [-0.4, -0.2) is 22.4 Å². The third-order valence-corrected chi connectivity index (χ3v) is 5.31. The van der Waals surface area contributed by atoms with Gasteiger partial charge in [0.05, 0.1) is 10.6 Å². The molecule has 0 radical (unpaired) electrons. The van der Waals surface area contributed by atoms with Crippen molar-refractivity contribution in [2.75, 3.05) is 6.54 Å². The Morgan fingerprint density at radius 2 is 2.15 bits per heavy atom. The van der Waals surface area contributed by atoms with Gasteiger partial charge in [-0.2, -0.15) is 0 Å². The second-order valence-corrected chi connectivity index (χ2v) is 7.90. The van der Waals surface area contributed by atoms with Gasteiger partial charge < -0.3 is 10.1 Å². The van der Waals surface area contributed by atoms with E-state index in [-0.39, 0.29) is 5.91 Å². The lowest BCUT2D eigenvalue weighted by atomic mass is 10.2. The second kappa shape index (κ2) is 9.62. The lowest BCUT2D eigenvalue weighted by Crippen LogP contribution is -2.24. The highest BCUT2D eigenvalue weighted by molar-refractivity contribution is 9.10. The van der Waals surface area contributed by atoms with Gasteiger partial charge in [-0.1, -0.05) is 22.0 Å². The summed E-state index contributed by atoms with van der Waals surface area (Å²) in [6.45, 7) is 2.64. The number of pyridine rings is 1. The number of hydrogen-bond acceptors (Lipinski definition) is 5. The predicted molar refractivity (Wildman–Crippen MR) is 111 cm³/mol. The minimum absolute atomic E-state index is 0.124. The first-order valence-electron chi connectivity index (χ1n) is 8.69. The molecule has 0 saturated carbocycles. The van der Waals surface area contributed by atoms with Crippen molar-refractivity contribution in [3.05, 3.63) is 68.7 Å². The maximum Gasteiger partial charge on any atom is 0.252 e. The van der Waals surface area contributed by atoms with Gasteiger partial charge in [0.1, 0.15) is 5.75 Å². The molecule has 1 aromatic carbocycles. The molecule has 0 aliphatic heterocycles.